The van der Waals surface area contributed by atoms with Crippen molar-refractivity contribution >= 4 is 5.65 Å². The van der Waals surface area contributed by atoms with Crippen LogP contribution in [0, 0.1) is 6.92 Å². The van der Waals surface area contributed by atoms with Crippen LogP contribution in [-0.4, -0.2) is 20.2 Å². The Labute approximate surface area is 250 Å². The molecule has 0 unspecified atom stereocenters. The van der Waals surface area contributed by atoms with E-state index in [4.69, 9.17) is 14.8 Å². The number of imidazole rings is 1. The summed E-state index contributed by atoms with van der Waals surface area (Å²) in [7, 11) is 0. The highest BCUT2D eigenvalue weighted by atomic mass is 16.5. The van der Waals surface area contributed by atoms with Gasteiger partial charge in [-0.1, -0.05) is 98.3 Å². The normalized spacial score (nSPS) is 14.0. The number of hydrogen-bond donors (Lipinski definition) is 1. The van der Waals surface area contributed by atoms with Gasteiger partial charge in [0.2, 0.25) is 0 Å². The lowest BCUT2D eigenvalue weighted by molar-refractivity contribution is 0.0220. The van der Waals surface area contributed by atoms with E-state index in [0.29, 0.717) is 5.88 Å². The molecule has 1 saturated carbocycles. The van der Waals surface area contributed by atoms with Gasteiger partial charge in [0.25, 0.3) is 0 Å². The molecule has 0 amide bonds. The van der Waals surface area contributed by atoms with E-state index in [9.17, 15) is 0 Å². The molecule has 1 aliphatic rings. The molecule has 0 saturated heterocycles. The summed E-state index contributed by atoms with van der Waals surface area (Å²) in [6, 6.07) is 29.9. The highest BCUT2D eigenvalue weighted by Gasteiger charge is 2.39. The summed E-state index contributed by atoms with van der Waals surface area (Å²) in [5.74, 6) is 0.624. The standard InChI is InChI=1S/C35H36N4O.C2H6/c1-24-12-14-27(15-13-24)31-23-36-32-22-30(26-10-7-6-8-11-26)33(38-39(31)32)28-16-18-29(19-17-28)35(20-9-21-35)37-25(2)40-34(3,4)5;1-2/h6-8,10-19,22-23,37H,2,9,20-21H2,1,3-5H3;1-2H3. The number of rotatable bonds is 7. The molecule has 2 heterocycles. The lowest BCUT2D eigenvalue weighted by Crippen LogP contribution is -2.48. The molecule has 0 spiro atoms. The SMILES string of the molecule is C=C(NC1(c2ccc(-c3nn4c(-c5ccc(C)cc5)cnc4cc3-c3ccccc3)cc2)CCC1)OC(C)(C)C.CC. The Hall–Kier alpha value is -4.38. The average molecular weight is 559 g/mol. The number of hydrogen-bond acceptors (Lipinski definition) is 4. The van der Waals surface area contributed by atoms with Crippen LogP contribution in [0.25, 0.3) is 39.3 Å². The third-order valence-corrected chi connectivity index (χ3v) is 7.65. The fraction of sp³-hybridized carbons (Fsp3) is 0.297. The van der Waals surface area contributed by atoms with Crippen molar-refractivity contribution in [1.82, 2.24) is 19.9 Å². The van der Waals surface area contributed by atoms with E-state index in [1.807, 2.05) is 51.4 Å². The summed E-state index contributed by atoms with van der Waals surface area (Å²) in [6.45, 7) is 16.4. The molecule has 0 atom stereocenters. The minimum absolute atomic E-state index is 0.149. The fourth-order valence-electron chi connectivity index (χ4n) is 5.51. The maximum atomic E-state index is 6.01. The third kappa shape index (κ3) is 5.96. The number of aromatic nitrogens is 3. The van der Waals surface area contributed by atoms with Gasteiger partial charge in [0.15, 0.2) is 11.5 Å². The van der Waals surface area contributed by atoms with Crippen molar-refractivity contribution in [3.63, 3.8) is 0 Å². The van der Waals surface area contributed by atoms with Gasteiger partial charge in [0, 0.05) is 16.7 Å². The molecule has 5 aromatic rings. The fourth-order valence-corrected chi connectivity index (χ4v) is 5.51. The topological polar surface area (TPSA) is 51.5 Å². The predicted molar refractivity (Wildman–Crippen MR) is 174 cm³/mol. The van der Waals surface area contributed by atoms with Gasteiger partial charge < -0.3 is 10.1 Å². The van der Waals surface area contributed by atoms with E-state index in [0.717, 1.165) is 52.1 Å². The van der Waals surface area contributed by atoms with Gasteiger partial charge in [-0.25, -0.2) is 9.50 Å². The first-order chi connectivity index (χ1) is 20.2. The van der Waals surface area contributed by atoms with Crippen LogP contribution in [-0.2, 0) is 10.3 Å². The molecule has 5 nitrogen and oxygen atoms in total. The van der Waals surface area contributed by atoms with Crippen molar-refractivity contribution in [2.24, 2.45) is 0 Å². The van der Waals surface area contributed by atoms with Crippen LogP contribution in [0.1, 0.15) is 65.0 Å². The van der Waals surface area contributed by atoms with Crippen molar-refractivity contribution in [3.8, 4) is 33.6 Å². The average Bonchev–Trinajstić information content (AvgIpc) is 3.38. The zero-order chi connectivity index (χ0) is 29.9. The van der Waals surface area contributed by atoms with Crippen molar-refractivity contribution < 1.29 is 4.74 Å². The Balaban J connectivity index is 0.00000173. The Morgan fingerprint density at radius 1 is 0.881 bits per heavy atom. The molecule has 6 rings (SSSR count). The highest BCUT2D eigenvalue weighted by Crippen LogP contribution is 2.43. The molecule has 1 N–H and O–H groups in total. The van der Waals surface area contributed by atoms with Crippen LogP contribution in [0.5, 0.6) is 0 Å². The van der Waals surface area contributed by atoms with Crippen molar-refractivity contribution in [2.45, 2.75) is 71.9 Å². The molecule has 0 aliphatic heterocycles. The molecule has 216 valence electrons. The third-order valence-electron chi connectivity index (χ3n) is 7.65. The van der Waals surface area contributed by atoms with Crippen molar-refractivity contribution in [2.75, 3.05) is 0 Å². The monoisotopic (exact) mass is 558 g/mol. The second-order valence-electron chi connectivity index (χ2n) is 11.8. The van der Waals surface area contributed by atoms with Crippen LogP contribution in [0.3, 0.4) is 0 Å². The highest BCUT2D eigenvalue weighted by molar-refractivity contribution is 5.83. The zero-order valence-corrected chi connectivity index (χ0v) is 25.7. The number of fused-ring (bicyclic) bond motifs is 1. The minimum Gasteiger partial charge on any atom is -0.474 e. The van der Waals surface area contributed by atoms with Gasteiger partial charge >= 0.3 is 0 Å². The molecule has 0 radical (unpaired) electrons. The lowest BCUT2D eigenvalue weighted by atomic mass is 9.71. The van der Waals surface area contributed by atoms with E-state index in [-0.39, 0.29) is 11.1 Å². The summed E-state index contributed by atoms with van der Waals surface area (Å²) in [5.41, 5.74) is 9.08. The zero-order valence-electron chi connectivity index (χ0n) is 25.7. The van der Waals surface area contributed by atoms with Gasteiger partial charge in [-0.05, 0) is 70.7 Å². The minimum atomic E-state index is -0.290. The van der Waals surface area contributed by atoms with Crippen LogP contribution in [0.15, 0.2) is 104 Å². The van der Waals surface area contributed by atoms with Crippen LogP contribution in [0.2, 0.25) is 0 Å². The Kier molecular flexibility index (Phi) is 8.22. The molecule has 2 aromatic heterocycles. The van der Waals surface area contributed by atoms with Gasteiger partial charge in [0.05, 0.1) is 23.1 Å². The van der Waals surface area contributed by atoms with Gasteiger partial charge in [-0.2, -0.15) is 5.10 Å². The smallest absolute Gasteiger partial charge is 0.180 e. The maximum Gasteiger partial charge on any atom is 0.180 e. The van der Waals surface area contributed by atoms with E-state index < -0.39 is 0 Å². The van der Waals surface area contributed by atoms with Gasteiger partial charge in [-0.3, -0.25) is 0 Å². The molecular weight excluding hydrogens is 516 g/mol. The van der Waals surface area contributed by atoms with Gasteiger partial charge in [0.1, 0.15) is 5.60 Å². The first-order valence-electron chi connectivity index (χ1n) is 15.0. The Morgan fingerprint density at radius 3 is 2.12 bits per heavy atom. The number of ether oxygens (including phenoxy) is 1. The Bertz CT molecular complexity index is 1660. The van der Waals surface area contributed by atoms with Crippen LogP contribution < -0.4 is 5.32 Å². The molecule has 42 heavy (non-hydrogen) atoms. The molecule has 1 aliphatic carbocycles. The molecule has 3 aromatic carbocycles. The van der Waals surface area contributed by atoms with E-state index in [1.165, 1.54) is 17.5 Å². The summed E-state index contributed by atoms with van der Waals surface area (Å²) >= 11 is 0. The molecule has 0 bridgehead atoms. The van der Waals surface area contributed by atoms with E-state index in [2.05, 4.69) is 97.7 Å². The van der Waals surface area contributed by atoms with Crippen LogP contribution >= 0.6 is 0 Å². The maximum absolute atomic E-state index is 6.01. The molecule has 5 heteroatoms. The second kappa shape index (κ2) is 11.8. The van der Waals surface area contributed by atoms with Crippen molar-refractivity contribution in [3.05, 3.63) is 115 Å². The number of nitrogens with zero attached hydrogens (tertiary/aromatic N) is 3. The van der Waals surface area contributed by atoms with E-state index >= 15 is 0 Å². The van der Waals surface area contributed by atoms with Crippen molar-refractivity contribution in [1.29, 1.82) is 0 Å². The number of nitrogens with one attached hydrogen (secondary N) is 1. The second-order valence-corrected chi connectivity index (χ2v) is 11.8. The summed E-state index contributed by atoms with van der Waals surface area (Å²) < 4.78 is 7.97. The van der Waals surface area contributed by atoms with E-state index in [1.54, 1.807) is 0 Å². The van der Waals surface area contributed by atoms with Gasteiger partial charge in [-0.15, -0.1) is 0 Å². The number of benzene rings is 3. The summed E-state index contributed by atoms with van der Waals surface area (Å²) in [5, 5.41) is 8.80. The largest absolute Gasteiger partial charge is 0.474 e. The number of aryl methyl sites for hydroxylation is 1. The summed E-state index contributed by atoms with van der Waals surface area (Å²) in [6.07, 6.45) is 5.18. The predicted octanol–water partition coefficient (Wildman–Crippen LogP) is 9.32. The first kappa shape index (κ1) is 29.1. The Morgan fingerprint density at radius 2 is 1.52 bits per heavy atom. The first-order valence-corrected chi connectivity index (χ1v) is 15.0. The molecule has 1 fully saturated rings. The lowest BCUT2D eigenvalue weighted by Gasteiger charge is -2.44. The summed E-state index contributed by atoms with van der Waals surface area (Å²) in [4.78, 5) is 4.73. The quantitative estimate of drug-likeness (QED) is 0.202. The molecular formula is C37H42N4O. The van der Waals surface area contributed by atoms with Crippen LogP contribution in [0.4, 0.5) is 0 Å².